The normalized spacial score (nSPS) is 11.7. The molecule has 0 aliphatic carbocycles. The van der Waals surface area contributed by atoms with Gasteiger partial charge < -0.3 is 9.52 Å². The van der Waals surface area contributed by atoms with Crippen molar-refractivity contribution in [1.82, 2.24) is 9.88 Å². The van der Waals surface area contributed by atoms with E-state index in [0.717, 1.165) is 28.9 Å². The lowest BCUT2D eigenvalue weighted by atomic mass is 10.1. The first-order valence-corrected chi connectivity index (χ1v) is 10.2. The van der Waals surface area contributed by atoms with Gasteiger partial charge in [-0.2, -0.15) is 0 Å². The van der Waals surface area contributed by atoms with Gasteiger partial charge in [0.2, 0.25) is 5.43 Å². The van der Waals surface area contributed by atoms with Crippen LogP contribution in [0.4, 0.5) is 0 Å². The summed E-state index contributed by atoms with van der Waals surface area (Å²) in [6.45, 7) is 8.36. The smallest absolute Gasteiger partial charge is 0.202 e. The van der Waals surface area contributed by atoms with Gasteiger partial charge in [-0.1, -0.05) is 26.0 Å². The summed E-state index contributed by atoms with van der Waals surface area (Å²) >= 11 is 1.48. The van der Waals surface area contributed by atoms with Gasteiger partial charge in [0.15, 0.2) is 0 Å². The monoisotopic (exact) mass is 394 g/mol. The van der Waals surface area contributed by atoms with Crippen molar-refractivity contribution < 1.29 is 9.52 Å². The Kier molecular flexibility index (Phi) is 4.91. The highest BCUT2D eigenvalue weighted by Gasteiger charge is 2.18. The number of phenols is 1. The minimum Gasteiger partial charge on any atom is -0.507 e. The number of hydrogen-bond donors (Lipinski definition) is 1. The molecule has 0 fully saturated rings. The summed E-state index contributed by atoms with van der Waals surface area (Å²) in [7, 11) is 0. The minimum absolute atomic E-state index is 0.126. The van der Waals surface area contributed by atoms with Crippen LogP contribution in [0.2, 0.25) is 0 Å². The van der Waals surface area contributed by atoms with Gasteiger partial charge in [0.25, 0.3) is 0 Å². The van der Waals surface area contributed by atoms with Crippen molar-refractivity contribution in [3.8, 4) is 16.3 Å². The first-order chi connectivity index (χ1) is 13.5. The van der Waals surface area contributed by atoms with Gasteiger partial charge in [-0.3, -0.25) is 9.69 Å². The van der Waals surface area contributed by atoms with Crippen LogP contribution in [0.25, 0.3) is 31.8 Å². The predicted octanol–water partition coefficient (Wildman–Crippen LogP) is 4.93. The summed E-state index contributed by atoms with van der Waals surface area (Å²) < 4.78 is 6.93. The topological polar surface area (TPSA) is 66.6 Å². The van der Waals surface area contributed by atoms with Gasteiger partial charge >= 0.3 is 0 Å². The van der Waals surface area contributed by atoms with Crippen LogP contribution in [-0.4, -0.2) is 28.1 Å². The summed E-state index contributed by atoms with van der Waals surface area (Å²) in [4.78, 5) is 20.0. The molecule has 6 heteroatoms. The number of aromatic nitrogens is 1. The summed E-state index contributed by atoms with van der Waals surface area (Å²) in [5.74, 6) is 0.144. The lowest BCUT2D eigenvalue weighted by molar-refractivity contribution is 0.290. The third kappa shape index (κ3) is 3.08. The zero-order valence-corrected chi connectivity index (χ0v) is 17.0. The lowest BCUT2D eigenvalue weighted by Crippen LogP contribution is -2.22. The maximum absolute atomic E-state index is 13.2. The van der Waals surface area contributed by atoms with Crippen LogP contribution in [0.15, 0.2) is 45.8 Å². The maximum atomic E-state index is 13.2. The Morgan fingerprint density at radius 1 is 1.18 bits per heavy atom. The fourth-order valence-corrected chi connectivity index (χ4v) is 4.47. The Labute approximate surface area is 166 Å². The van der Waals surface area contributed by atoms with Crippen molar-refractivity contribution in [1.29, 1.82) is 0 Å². The Morgan fingerprint density at radius 3 is 2.68 bits per heavy atom. The molecule has 0 aliphatic rings. The number of rotatable bonds is 5. The molecule has 0 amide bonds. The molecule has 0 unspecified atom stereocenters. The van der Waals surface area contributed by atoms with Crippen molar-refractivity contribution in [2.24, 2.45) is 0 Å². The van der Waals surface area contributed by atoms with E-state index in [4.69, 9.17) is 4.42 Å². The van der Waals surface area contributed by atoms with Gasteiger partial charge in [0, 0.05) is 6.54 Å². The van der Waals surface area contributed by atoms with Crippen LogP contribution in [0, 0.1) is 6.92 Å². The second-order valence-corrected chi connectivity index (χ2v) is 7.85. The summed E-state index contributed by atoms with van der Waals surface area (Å²) in [6.07, 6.45) is 1.48. The quantitative estimate of drug-likeness (QED) is 0.520. The fraction of sp³-hybridized carbons (Fsp3) is 0.273. The van der Waals surface area contributed by atoms with Crippen LogP contribution in [-0.2, 0) is 6.54 Å². The molecule has 1 N–H and O–H groups in total. The first kappa shape index (κ1) is 18.7. The standard InChI is InChI=1S/C22H22N2O3S/c1-4-24(5-2)11-15-17(25)10-9-14-20(26)16(12-27-21(14)15)22-23-19-13(3)7-6-8-18(19)28-22/h6-10,12,25H,4-5,11H2,1-3H3. The molecular weight excluding hydrogens is 372 g/mol. The van der Waals surface area contributed by atoms with E-state index in [0.29, 0.717) is 33.6 Å². The molecule has 0 radical (unpaired) electrons. The van der Waals surface area contributed by atoms with Gasteiger partial charge in [-0.25, -0.2) is 4.98 Å². The van der Waals surface area contributed by atoms with E-state index in [1.165, 1.54) is 17.6 Å². The van der Waals surface area contributed by atoms with E-state index in [9.17, 15) is 9.90 Å². The number of fused-ring (bicyclic) bond motifs is 2. The van der Waals surface area contributed by atoms with Crippen LogP contribution in [0.3, 0.4) is 0 Å². The van der Waals surface area contributed by atoms with Crippen LogP contribution < -0.4 is 5.43 Å². The second-order valence-electron chi connectivity index (χ2n) is 6.82. The first-order valence-electron chi connectivity index (χ1n) is 9.38. The number of phenolic OH excluding ortho intramolecular Hbond substituents is 1. The van der Waals surface area contributed by atoms with Crippen molar-refractivity contribution in [3.63, 3.8) is 0 Å². The van der Waals surface area contributed by atoms with Crippen molar-refractivity contribution in [2.45, 2.75) is 27.3 Å². The zero-order valence-electron chi connectivity index (χ0n) is 16.2. The predicted molar refractivity (Wildman–Crippen MR) is 114 cm³/mol. The molecule has 0 spiro atoms. The molecule has 28 heavy (non-hydrogen) atoms. The molecule has 144 valence electrons. The van der Waals surface area contributed by atoms with E-state index < -0.39 is 0 Å². The van der Waals surface area contributed by atoms with Crippen molar-refractivity contribution >= 4 is 32.5 Å². The number of hydrogen-bond acceptors (Lipinski definition) is 6. The Bertz CT molecular complexity index is 1220. The highest BCUT2D eigenvalue weighted by atomic mass is 32.1. The number of benzene rings is 2. The maximum Gasteiger partial charge on any atom is 0.202 e. The Hall–Kier alpha value is -2.70. The number of aryl methyl sites for hydroxylation is 1. The molecule has 2 aromatic carbocycles. The molecule has 0 bridgehead atoms. The number of thiazole rings is 1. The average molecular weight is 394 g/mol. The minimum atomic E-state index is -0.126. The summed E-state index contributed by atoms with van der Waals surface area (Å²) in [5.41, 5.74) is 3.40. The highest BCUT2D eigenvalue weighted by molar-refractivity contribution is 7.21. The molecule has 0 aliphatic heterocycles. The fourth-order valence-electron chi connectivity index (χ4n) is 3.42. The van der Waals surface area contributed by atoms with E-state index in [2.05, 4.69) is 23.7 Å². The van der Waals surface area contributed by atoms with Crippen LogP contribution in [0.1, 0.15) is 25.0 Å². The van der Waals surface area contributed by atoms with Crippen LogP contribution in [0.5, 0.6) is 5.75 Å². The van der Waals surface area contributed by atoms with E-state index in [1.54, 1.807) is 12.1 Å². The molecular formula is C22H22N2O3S. The third-order valence-electron chi connectivity index (χ3n) is 5.15. The molecule has 4 rings (SSSR count). The number of aromatic hydroxyl groups is 1. The molecule has 2 aromatic heterocycles. The Morgan fingerprint density at radius 2 is 1.96 bits per heavy atom. The summed E-state index contributed by atoms with van der Waals surface area (Å²) in [6, 6.07) is 9.21. The SMILES string of the molecule is CCN(CC)Cc1c(O)ccc2c(=O)c(-c3nc4c(C)cccc4s3)coc12. The van der Waals surface area contributed by atoms with E-state index in [-0.39, 0.29) is 11.2 Å². The van der Waals surface area contributed by atoms with E-state index in [1.807, 2.05) is 25.1 Å². The largest absolute Gasteiger partial charge is 0.507 e. The molecule has 0 atom stereocenters. The van der Waals surface area contributed by atoms with Gasteiger partial charge in [0.1, 0.15) is 22.6 Å². The van der Waals surface area contributed by atoms with Gasteiger partial charge in [0.05, 0.1) is 26.7 Å². The van der Waals surface area contributed by atoms with Crippen molar-refractivity contribution in [2.75, 3.05) is 13.1 Å². The second kappa shape index (κ2) is 7.37. The molecule has 2 heterocycles. The number of nitrogens with zero attached hydrogens (tertiary/aromatic N) is 2. The third-order valence-corrected chi connectivity index (χ3v) is 6.20. The zero-order chi connectivity index (χ0) is 19.8. The van der Waals surface area contributed by atoms with Crippen LogP contribution >= 0.6 is 11.3 Å². The molecule has 0 saturated carbocycles. The highest BCUT2D eigenvalue weighted by Crippen LogP contribution is 2.33. The lowest BCUT2D eigenvalue weighted by Gasteiger charge is -2.19. The molecule has 0 saturated heterocycles. The molecule has 4 aromatic rings. The van der Waals surface area contributed by atoms with Gasteiger partial charge in [-0.05, 0) is 43.8 Å². The number of para-hydroxylation sites is 1. The Balaban J connectivity index is 1.88. The van der Waals surface area contributed by atoms with E-state index >= 15 is 0 Å². The average Bonchev–Trinajstić information content (AvgIpc) is 3.13. The molecule has 5 nitrogen and oxygen atoms in total. The summed E-state index contributed by atoms with van der Waals surface area (Å²) in [5, 5.41) is 11.5. The van der Waals surface area contributed by atoms with Gasteiger partial charge in [-0.15, -0.1) is 11.3 Å². The van der Waals surface area contributed by atoms with Crippen molar-refractivity contribution in [3.05, 3.63) is 57.9 Å².